The average Bonchev–Trinajstić information content (AvgIpc) is 3.05. The quantitative estimate of drug-likeness (QED) is 0.623. The lowest BCUT2D eigenvalue weighted by atomic mass is 10.2. The van der Waals surface area contributed by atoms with Gasteiger partial charge in [-0.1, -0.05) is 0 Å². The minimum Gasteiger partial charge on any atom is -0.490 e. The van der Waals surface area contributed by atoms with Gasteiger partial charge < -0.3 is 19.3 Å². The van der Waals surface area contributed by atoms with Crippen molar-refractivity contribution in [1.82, 2.24) is 4.90 Å². The molecular weight excluding hydrogens is 460 g/mol. The van der Waals surface area contributed by atoms with Crippen LogP contribution in [0.3, 0.4) is 0 Å². The summed E-state index contributed by atoms with van der Waals surface area (Å²) in [5.41, 5.74) is 2.13. The molecule has 8 heteroatoms. The zero-order valence-corrected chi connectivity index (χ0v) is 18.9. The predicted molar refractivity (Wildman–Crippen MR) is 120 cm³/mol. The molecule has 160 valence electrons. The van der Waals surface area contributed by atoms with Gasteiger partial charge in [-0.2, -0.15) is 10.5 Å². The summed E-state index contributed by atoms with van der Waals surface area (Å²) >= 11 is 3.40. The zero-order valence-electron chi connectivity index (χ0n) is 17.3. The van der Waals surface area contributed by atoms with E-state index in [-0.39, 0.29) is 12.5 Å². The fourth-order valence-corrected chi connectivity index (χ4v) is 3.99. The maximum absolute atomic E-state index is 12.8. The third-order valence-electron chi connectivity index (χ3n) is 4.99. The highest BCUT2D eigenvalue weighted by atomic mass is 79.9. The van der Waals surface area contributed by atoms with Crippen molar-refractivity contribution in [3.8, 4) is 23.6 Å². The van der Waals surface area contributed by atoms with Crippen LogP contribution in [0.4, 0.5) is 5.69 Å². The highest BCUT2D eigenvalue weighted by Gasteiger charge is 2.21. The molecule has 0 saturated carbocycles. The third kappa shape index (κ3) is 5.68. The van der Waals surface area contributed by atoms with Gasteiger partial charge in [-0.05, 0) is 59.6 Å². The van der Waals surface area contributed by atoms with Crippen molar-refractivity contribution < 1.29 is 14.3 Å². The number of anilines is 1. The molecule has 0 N–H and O–H groups in total. The second-order valence-electron chi connectivity index (χ2n) is 7.00. The summed E-state index contributed by atoms with van der Waals surface area (Å²) in [7, 11) is 0. The Balaban J connectivity index is 1.61. The van der Waals surface area contributed by atoms with E-state index in [9.17, 15) is 4.79 Å². The lowest BCUT2D eigenvalue weighted by molar-refractivity contribution is -0.133. The summed E-state index contributed by atoms with van der Waals surface area (Å²) in [6.45, 7) is 4.95. The molecule has 1 fully saturated rings. The van der Waals surface area contributed by atoms with E-state index >= 15 is 0 Å². The smallest absolute Gasteiger partial charge is 0.260 e. The van der Waals surface area contributed by atoms with E-state index < -0.39 is 0 Å². The third-order valence-corrected chi connectivity index (χ3v) is 5.58. The fourth-order valence-electron chi connectivity index (χ4n) is 3.43. The number of benzene rings is 2. The number of hydrogen-bond acceptors (Lipinski definition) is 6. The van der Waals surface area contributed by atoms with Crippen LogP contribution in [0.15, 0.2) is 40.9 Å². The standard InChI is InChI=1S/C23H23BrN4O3/c1-2-30-21-13-18(15-26)12-20(24)23(21)31-16-22(29)28-9-3-8-27(10-11-28)19-6-4-17(14-25)5-7-19/h4-7,12-13H,2-3,8-11,16H2,1H3. The van der Waals surface area contributed by atoms with E-state index in [1.807, 2.05) is 36.1 Å². The Bertz CT molecular complexity index is 1010. The van der Waals surface area contributed by atoms with Crippen LogP contribution in [0.2, 0.25) is 0 Å². The van der Waals surface area contributed by atoms with Gasteiger partial charge in [-0.25, -0.2) is 0 Å². The molecule has 1 saturated heterocycles. The van der Waals surface area contributed by atoms with Crippen LogP contribution in [0.25, 0.3) is 0 Å². The van der Waals surface area contributed by atoms with E-state index in [0.717, 1.165) is 18.7 Å². The van der Waals surface area contributed by atoms with Crippen molar-refractivity contribution in [2.75, 3.05) is 44.3 Å². The molecule has 1 aliphatic rings. The molecule has 1 amide bonds. The molecule has 2 aromatic carbocycles. The summed E-state index contributed by atoms with van der Waals surface area (Å²) in [5, 5.41) is 18.1. The van der Waals surface area contributed by atoms with E-state index in [2.05, 4.69) is 33.0 Å². The van der Waals surface area contributed by atoms with Gasteiger partial charge in [0.2, 0.25) is 0 Å². The van der Waals surface area contributed by atoms with E-state index in [0.29, 0.717) is 53.3 Å². The number of amides is 1. The average molecular weight is 483 g/mol. The molecule has 1 aliphatic heterocycles. The second-order valence-corrected chi connectivity index (χ2v) is 7.85. The number of nitriles is 2. The van der Waals surface area contributed by atoms with Crippen molar-refractivity contribution in [3.63, 3.8) is 0 Å². The van der Waals surface area contributed by atoms with Gasteiger partial charge in [0.05, 0.1) is 34.3 Å². The highest BCUT2D eigenvalue weighted by molar-refractivity contribution is 9.10. The molecule has 0 bridgehead atoms. The van der Waals surface area contributed by atoms with Crippen molar-refractivity contribution in [2.24, 2.45) is 0 Å². The van der Waals surface area contributed by atoms with Crippen LogP contribution in [0.1, 0.15) is 24.5 Å². The first kappa shape index (κ1) is 22.5. The summed E-state index contributed by atoms with van der Waals surface area (Å²) in [5.74, 6) is 0.757. The normalized spacial score (nSPS) is 13.7. The Morgan fingerprint density at radius 3 is 2.45 bits per heavy atom. The number of halogens is 1. The monoisotopic (exact) mass is 482 g/mol. The van der Waals surface area contributed by atoms with Gasteiger partial charge in [0, 0.05) is 37.9 Å². The van der Waals surface area contributed by atoms with Crippen molar-refractivity contribution in [1.29, 1.82) is 10.5 Å². The molecule has 3 rings (SSSR count). The highest BCUT2D eigenvalue weighted by Crippen LogP contribution is 2.36. The first-order valence-corrected chi connectivity index (χ1v) is 10.9. The first-order valence-electron chi connectivity index (χ1n) is 10.1. The summed E-state index contributed by atoms with van der Waals surface area (Å²) < 4.78 is 12.0. The van der Waals surface area contributed by atoms with E-state index in [1.54, 1.807) is 12.1 Å². The van der Waals surface area contributed by atoms with E-state index in [4.69, 9.17) is 20.0 Å². The maximum atomic E-state index is 12.8. The van der Waals surface area contributed by atoms with Gasteiger partial charge in [-0.15, -0.1) is 0 Å². The topological polar surface area (TPSA) is 89.6 Å². The Hall–Kier alpha value is -3.23. The van der Waals surface area contributed by atoms with Gasteiger partial charge in [0.15, 0.2) is 18.1 Å². The van der Waals surface area contributed by atoms with Crippen LogP contribution in [-0.4, -0.2) is 50.2 Å². The predicted octanol–water partition coefficient (Wildman–Crippen LogP) is 3.71. The SMILES string of the molecule is CCOc1cc(C#N)cc(Br)c1OCC(=O)N1CCCN(c2ccc(C#N)cc2)CC1. The maximum Gasteiger partial charge on any atom is 0.260 e. The molecule has 0 aliphatic carbocycles. The first-order chi connectivity index (χ1) is 15.0. The molecule has 1 heterocycles. The Kier molecular flexibility index (Phi) is 7.75. The van der Waals surface area contributed by atoms with Gasteiger partial charge in [-0.3, -0.25) is 4.79 Å². The molecule has 0 atom stereocenters. The van der Waals surface area contributed by atoms with Crippen LogP contribution in [0.5, 0.6) is 11.5 Å². The number of nitrogens with zero attached hydrogens (tertiary/aromatic N) is 4. The van der Waals surface area contributed by atoms with Gasteiger partial charge in [0.1, 0.15) is 0 Å². The Morgan fingerprint density at radius 1 is 1.03 bits per heavy atom. The van der Waals surface area contributed by atoms with Gasteiger partial charge in [0.25, 0.3) is 5.91 Å². The number of carbonyl (C=O) groups excluding carboxylic acids is 1. The minimum absolute atomic E-state index is 0.0969. The fraction of sp³-hybridized carbons (Fsp3) is 0.348. The summed E-state index contributed by atoms with van der Waals surface area (Å²) in [6.07, 6.45) is 0.844. The second kappa shape index (κ2) is 10.7. The molecule has 0 unspecified atom stereocenters. The minimum atomic E-state index is -0.110. The zero-order chi connectivity index (χ0) is 22.2. The van der Waals surface area contributed by atoms with Crippen LogP contribution >= 0.6 is 15.9 Å². The van der Waals surface area contributed by atoms with Crippen LogP contribution < -0.4 is 14.4 Å². The number of rotatable bonds is 6. The van der Waals surface area contributed by atoms with Gasteiger partial charge >= 0.3 is 0 Å². The molecule has 0 spiro atoms. The van der Waals surface area contributed by atoms with Crippen molar-refractivity contribution in [3.05, 3.63) is 52.0 Å². The van der Waals surface area contributed by atoms with Crippen molar-refractivity contribution >= 4 is 27.5 Å². The Morgan fingerprint density at radius 2 is 1.77 bits per heavy atom. The number of hydrogen-bond donors (Lipinski definition) is 0. The molecule has 0 radical (unpaired) electrons. The Labute approximate surface area is 190 Å². The molecule has 2 aromatic rings. The summed E-state index contributed by atoms with van der Waals surface area (Å²) in [6, 6.07) is 15.0. The van der Waals surface area contributed by atoms with E-state index in [1.165, 1.54) is 0 Å². The van der Waals surface area contributed by atoms with Crippen LogP contribution in [0, 0.1) is 22.7 Å². The molecule has 31 heavy (non-hydrogen) atoms. The molecule has 7 nitrogen and oxygen atoms in total. The van der Waals surface area contributed by atoms with Crippen LogP contribution in [-0.2, 0) is 4.79 Å². The number of carbonyl (C=O) groups is 1. The lowest BCUT2D eigenvalue weighted by Crippen LogP contribution is -2.38. The lowest BCUT2D eigenvalue weighted by Gasteiger charge is -2.24. The van der Waals surface area contributed by atoms with Crippen molar-refractivity contribution in [2.45, 2.75) is 13.3 Å². The number of ether oxygens (including phenoxy) is 2. The largest absolute Gasteiger partial charge is 0.490 e. The summed E-state index contributed by atoms with van der Waals surface area (Å²) in [4.78, 5) is 16.8. The molecule has 0 aromatic heterocycles. The molecular formula is C23H23BrN4O3.